The molecule has 0 spiro atoms. The minimum absolute atomic E-state index is 0.214. The summed E-state index contributed by atoms with van der Waals surface area (Å²) in [4.78, 5) is 15.5. The summed E-state index contributed by atoms with van der Waals surface area (Å²) < 4.78 is 0. The molecule has 2 rings (SSSR count). The van der Waals surface area contributed by atoms with Gasteiger partial charge in [0.2, 0.25) is 5.91 Å². The fraction of sp³-hybridized carbons (Fsp3) is 0.867. The number of nitrogens with two attached hydrogens (primary N) is 1. The molecule has 20 heavy (non-hydrogen) atoms. The zero-order chi connectivity index (χ0) is 14.6. The first-order valence-corrected chi connectivity index (χ1v) is 9.27. The van der Waals surface area contributed by atoms with E-state index < -0.39 is 5.41 Å². The molecule has 3 nitrogen and oxygen atoms in total. The van der Waals surface area contributed by atoms with Gasteiger partial charge in [-0.1, -0.05) is 44.8 Å². The zero-order valence-electron chi connectivity index (χ0n) is 12.4. The van der Waals surface area contributed by atoms with Crippen LogP contribution in [0.1, 0.15) is 51.9 Å². The molecule has 0 bridgehead atoms. The normalized spacial score (nSPS) is 26.9. The van der Waals surface area contributed by atoms with Crippen molar-refractivity contribution in [3.05, 3.63) is 0 Å². The second-order valence-electron chi connectivity index (χ2n) is 6.01. The van der Waals surface area contributed by atoms with Gasteiger partial charge in [0.15, 0.2) is 0 Å². The molecule has 1 heterocycles. The minimum Gasteiger partial charge on any atom is -0.392 e. The van der Waals surface area contributed by atoms with Crippen molar-refractivity contribution in [2.24, 2.45) is 11.1 Å². The van der Waals surface area contributed by atoms with Crippen molar-refractivity contribution in [3.63, 3.8) is 0 Å². The van der Waals surface area contributed by atoms with Crippen molar-refractivity contribution in [3.8, 4) is 0 Å². The van der Waals surface area contributed by atoms with Crippen LogP contribution in [-0.2, 0) is 4.79 Å². The summed E-state index contributed by atoms with van der Waals surface area (Å²) in [6.07, 6.45) is 7.36. The summed E-state index contributed by atoms with van der Waals surface area (Å²) in [5.74, 6) is 1.25. The number of nitrogens with zero attached hydrogens (tertiary/aromatic N) is 1. The monoisotopic (exact) mass is 314 g/mol. The lowest BCUT2D eigenvalue weighted by Gasteiger charge is -2.39. The number of carbonyl (C=O) groups excluding carboxylic acids is 1. The van der Waals surface area contributed by atoms with Crippen molar-refractivity contribution >= 4 is 34.9 Å². The van der Waals surface area contributed by atoms with Gasteiger partial charge >= 0.3 is 0 Å². The predicted molar refractivity (Wildman–Crippen MR) is 90.0 cm³/mol. The van der Waals surface area contributed by atoms with Crippen molar-refractivity contribution < 1.29 is 4.79 Å². The molecule has 2 aliphatic rings. The summed E-state index contributed by atoms with van der Waals surface area (Å²) in [5, 5.41) is 0.571. The predicted octanol–water partition coefficient (Wildman–Crippen LogP) is 2.97. The van der Waals surface area contributed by atoms with Crippen molar-refractivity contribution in [2.75, 3.05) is 18.8 Å². The molecule has 2 fully saturated rings. The summed E-state index contributed by atoms with van der Waals surface area (Å²) in [5.41, 5.74) is 5.48. The first-order chi connectivity index (χ1) is 9.60. The average molecular weight is 315 g/mol. The third-order valence-corrected chi connectivity index (χ3v) is 6.48. The molecule has 0 aromatic heterocycles. The Morgan fingerprint density at radius 1 is 1.35 bits per heavy atom. The lowest BCUT2D eigenvalue weighted by atomic mass is 9.78. The summed E-state index contributed by atoms with van der Waals surface area (Å²) in [7, 11) is 0. The Kier molecular flexibility index (Phi) is 5.73. The Bertz CT molecular complexity index is 365. The van der Waals surface area contributed by atoms with Gasteiger partial charge in [-0.05, 0) is 19.3 Å². The highest BCUT2D eigenvalue weighted by Crippen LogP contribution is 2.38. The van der Waals surface area contributed by atoms with E-state index in [9.17, 15) is 4.79 Å². The Morgan fingerprint density at radius 2 is 2.00 bits per heavy atom. The van der Waals surface area contributed by atoms with Gasteiger partial charge in [0, 0.05) is 24.1 Å². The molecule has 1 saturated heterocycles. The number of thiocarbonyl (C=S) groups is 1. The lowest BCUT2D eigenvalue weighted by molar-refractivity contribution is -0.138. The first-order valence-electron chi connectivity index (χ1n) is 7.81. The van der Waals surface area contributed by atoms with E-state index >= 15 is 0 Å². The van der Waals surface area contributed by atoms with Crippen LogP contribution in [0.15, 0.2) is 0 Å². The standard InChI is InChI=1S/C15H26N2OS2/c1-2-12-11-17(9-10-20-12)14(18)15(13(16)19)7-5-3-4-6-8-15/h12H,2-11H2,1H3,(H2,16,19). The van der Waals surface area contributed by atoms with Gasteiger partial charge in [-0.15, -0.1) is 0 Å². The SMILES string of the molecule is CCC1CN(C(=O)C2(C(N)=S)CCCCCC2)CCS1. The van der Waals surface area contributed by atoms with Gasteiger partial charge < -0.3 is 10.6 Å². The van der Waals surface area contributed by atoms with Gasteiger partial charge in [-0.25, -0.2) is 0 Å². The number of rotatable bonds is 3. The fourth-order valence-electron chi connectivity index (χ4n) is 3.35. The van der Waals surface area contributed by atoms with E-state index in [1.807, 2.05) is 16.7 Å². The van der Waals surface area contributed by atoms with E-state index in [1.54, 1.807) is 0 Å². The molecule has 0 aromatic carbocycles. The number of hydrogen-bond donors (Lipinski definition) is 1. The summed E-state index contributed by atoms with van der Waals surface area (Å²) >= 11 is 7.30. The van der Waals surface area contributed by atoms with Crippen molar-refractivity contribution in [2.45, 2.75) is 57.1 Å². The zero-order valence-corrected chi connectivity index (χ0v) is 14.0. The number of thioether (sulfide) groups is 1. The van der Waals surface area contributed by atoms with Crippen LogP contribution >= 0.6 is 24.0 Å². The van der Waals surface area contributed by atoms with Crippen LogP contribution in [0, 0.1) is 5.41 Å². The quantitative estimate of drug-likeness (QED) is 0.642. The maximum Gasteiger partial charge on any atom is 0.235 e. The van der Waals surface area contributed by atoms with E-state index in [0.717, 1.165) is 50.9 Å². The molecule has 1 aliphatic carbocycles. The molecule has 5 heteroatoms. The average Bonchev–Trinajstić information content (AvgIpc) is 2.73. The van der Waals surface area contributed by atoms with Crippen LogP contribution in [0.25, 0.3) is 0 Å². The second-order valence-corrected chi connectivity index (χ2v) is 7.86. The van der Waals surface area contributed by atoms with Gasteiger partial charge in [-0.2, -0.15) is 11.8 Å². The van der Waals surface area contributed by atoms with Crippen LogP contribution in [0.4, 0.5) is 0 Å². The molecular weight excluding hydrogens is 288 g/mol. The molecule has 1 atom stereocenters. The molecular formula is C15H26N2OS2. The van der Waals surface area contributed by atoms with Crippen LogP contribution < -0.4 is 5.73 Å². The molecule has 1 aliphatic heterocycles. The third kappa shape index (κ3) is 3.30. The number of carbonyl (C=O) groups is 1. The topological polar surface area (TPSA) is 46.3 Å². The summed E-state index contributed by atoms with van der Waals surface area (Å²) in [6.45, 7) is 3.91. The highest BCUT2D eigenvalue weighted by atomic mass is 32.2. The lowest BCUT2D eigenvalue weighted by Crippen LogP contribution is -2.53. The summed E-state index contributed by atoms with van der Waals surface area (Å²) in [6, 6.07) is 0. The van der Waals surface area contributed by atoms with E-state index in [1.165, 1.54) is 12.8 Å². The van der Waals surface area contributed by atoms with Crippen molar-refractivity contribution in [1.82, 2.24) is 4.90 Å². The van der Waals surface area contributed by atoms with Gasteiger partial charge in [0.1, 0.15) is 0 Å². The van der Waals surface area contributed by atoms with Crippen LogP contribution in [-0.4, -0.2) is 39.9 Å². The molecule has 0 aromatic rings. The van der Waals surface area contributed by atoms with E-state index in [0.29, 0.717) is 10.2 Å². The first kappa shape index (κ1) is 16.1. The molecule has 1 amide bonds. The molecule has 1 saturated carbocycles. The smallest absolute Gasteiger partial charge is 0.235 e. The molecule has 114 valence electrons. The minimum atomic E-state index is -0.549. The highest BCUT2D eigenvalue weighted by molar-refractivity contribution is 8.00. The maximum atomic E-state index is 13.1. The Labute approximate surface area is 132 Å². The van der Waals surface area contributed by atoms with Crippen LogP contribution in [0.2, 0.25) is 0 Å². The van der Waals surface area contributed by atoms with Crippen LogP contribution in [0.5, 0.6) is 0 Å². The number of amides is 1. The van der Waals surface area contributed by atoms with E-state index in [-0.39, 0.29) is 5.91 Å². The molecule has 2 N–H and O–H groups in total. The third-order valence-electron chi connectivity index (χ3n) is 4.72. The van der Waals surface area contributed by atoms with Gasteiger partial charge in [0.25, 0.3) is 0 Å². The van der Waals surface area contributed by atoms with Crippen molar-refractivity contribution in [1.29, 1.82) is 0 Å². The number of hydrogen-bond acceptors (Lipinski definition) is 3. The Balaban J connectivity index is 2.15. The fourth-order valence-corrected chi connectivity index (χ4v) is 4.82. The van der Waals surface area contributed by atoms with E-state index in [2.05, 4.69) is 6.92 Å². The Morgan fingerprint density at radius 3 is 2.55 bits per heavy atom. The largest absolute Gasteiger partial charge is 0.392 e. The second kappa shape index (κ2) is 7.12. The van der Waals surface area contributed by atoms with Gasteiger partial charge in [0.05, 0.1) is 10.4 Å². The van der Waals surface area contributed by atoms with Gasteiger partial charge in [-0.3, -0.25) is 4.79 Å². The van der Waals surface area contributed by atoms with E-state index in [4.69, 9.17) is 18.0 Å². The van der Waals surface area contributed by atoms with Crippen LogP contribution in [0.3, 0.4) is 0 Å². The molecule has 1 unspecified atom stereocenters. The highest BCUT2D eigenvalue weighted by Gasteiger charge is 2.44. The maximum absolute atomic E-state index is 13.1. The Hall–Kier alpha value is -0.290. The molecule has 0 radical (unpaired) electrons.